The van der Waals surface area contributed by atoms with Gasteiger partial charge in [-0.15, -0.1) is 11.8 Å². The topological polar surface area (TPSA) is 78.8 Å². The van der Waals surface area contributed by atoms with Gasteiger partial charge in [0.15, 0.2) is 5.57 Å². The Morgan fingerprint density at radius 3 is 2.55 bits per heavy atom. The van der Waals surface area contributed by atoms with Gasteiger partial charge >= 0.3 is 5.97 Å². The Bertz CT molecular complexity index is 866. The molecule has 0 spiro atoms. The van der Waals surface area contributed by atoms with E-state index in [1.54, 1.807) is 17.9 Å². The Hall–Kier alpha value is -2.70. The van der Waals surface area contributed by atoms with Crippen LogP contribution in [0.15, 0.2) is 29.8 Å². The molecule has 0 radical (unpaired) electrons. The molecule has 0 saturated carbocycles. The average molecular weight is 311 g/mol. The fourth-order valence-electron chi connectivity index (χ4n) is 2.37. The van der Waals surface area contributed by atoms with E-state index in [1.807, 2.05) is 30.3 Å². The number of esters is 1. The minimum Gasteiger partial charge on any atom is -0.465 e. The van der Waals surface area contributed by atoms with Crippen LogP contribution >= 0.6 is 11.8 Å². The van der Waals surface area contributed by atoms with Crippen molar-refractivity contribution in [1.29, 1.82) is 10.5 Å². The average Bonchev–Trinajstić information content (AvgIpc) is 2.84. The summed E-state index contributed by atoms with van der Waals surface area (Å²) in [5.41, 5.74) is 1.77. The van der Waals surface area contributed by atoms with Crippen LogP contribution < -0.4 is 0 Å². The number of thioether (sulfide) groups is 1. The first-order chi connectivity index (χ1) is 10.6. The molecular formula is C16H13N3O2S. The van der Waals surface area contributed by atoms with Crippen LogP contribution in [0, 0.1) is 22.7 Å². The fraction of sp³-hybridized carbons (Fsp3) is 0.188. The van der Waals surface area contributed by atoms with E-state index in [2.05, 4.69) is 10.8 Å². The lowest BCUT2D eigenvalue weighted by atomic mass is 10.1. The highest BCUT2D eigenvalue weighted by Crippen LogP contribution is 2.38. The van der Waals surface area contributed by atoms with Gasteiger partial charge in [0.1, 0.15) is 17.8 Å². The van der Waals surface area contributed by atoms with Crippen molar-refractivity contribution >= 4 is 33.5 Å². The number of nitrogens with zero attached hydrogens (tertiary/aromatic N) is 3. The first-order valence-corrected chi connectivity index (χ1v) is 7.57. The van der Waals surface area contributed by atoms with Gasteiger partial charge in [-0.3, -0.25) is 0 Å². The monoisotopic (exact) mass is 311 g/mol. The lowest BCUT2D eigenvalue weighted by Crippen LogP contribution is -2.05. The van der Waals surface area contributed by atoms with Gasteiger partial charge in [0.25, 0.3) is 0 Å². The summed E-state index contributed by atoms with van der Waals surface area (Å²) < 4.78 is 6.43. The Kier molecular flexibility index (Phi) is 4.55. The van der Waals surface area contributed by atoms with E-state index in [0.717, 1.165) is 10.9 Å². The molecule has 1 aromatic heterocycles. The van der Waals surface area contributed by atoms with Crippen molar-refractivity contribution in [3.8, 4) is 12.1 Å². The van der Waals surface area contributed by atoms with E-state index in [0.29, 0.717) is 16.2 Å². The second kappa shape index (κ2) is 6.38. The summed E-state index contributed by atoms with van der Waals surface area (Å²) in [6, 6.07) is 11.5. The predicted molar refractivity (Wildman–Crippen MR) is 85.7 cm³/mol. The molecule has 0 saturated heterocycles. The Morgan fingerprint density at radius 2 is 2.00 bits per heavy atom. The van der Waals surface area contributed by atoms with E-state index in [4.69, 9.17) is 0 Å². The summed E-state index contributed by atoms with van der Waals surface area (Å²) in [4.78, 5) is 12.3. The number of benzene rings is 1. The Labute approximate surface area is 132 Å². The zero-order valence-corrected chi connectivity index (χ0v) is 13.2. The maximum Gasteiger partial charge on any atom is 0.349 e. The summed E-state index contributed by atoms with van der Waals surface area (Å²) in [6.45, 7) is 0. The van der Waals surface area contributed by atoms with E-state index >= 15 is 0 Å². The standard InChI is InChI=1S/C16H13N3O2S/c1-19-12-7-5-4-6-10(12)14(13(19)9-18)15(22-3)11(8-17)16(20)21-2/h4-7H,1-3H3/b15-11+. The molecule has 0 unspecified atom stereocenters. The Balaban J connectivity index is 2.95. The molecule has 110 valence electrons. The number of rotatable bonds is 3. The molecule has 22 heavy (non-hydrogen) atoms. The molecule has 0 atom stereocenters. The molecule has 0 N–H and O–H groups in total. The van der Waals surface area contributed by atoms with Crippen LogP contribution in [-0.4, -0.2) is 23.9 Å². The van der Waals surface area contributed by atoms with Crippen molar-refractivity contribution in [2.45, 2.75) is 0 Å². The third-order valence-corrected chi connectivity index (χ3v) is 4.19. The SMILES string of the molecule is COC(=O)/C(C#N)=C(/SC)c1c(C#N)n(C)c2ccccc12. The largest absolute Gasteiger partial charge is 0.465 e. The van der Waals surface area contributed by atoms with Crippen LogP contribution in [0.3, 0.4) is 0 Å². The van der Waals surface area contributed by atoms with Gasteiger partial charge in [0.2, 0.25) is 0 Å². The number of aryl methyl sites for hydroxylation is 1. The lowest BCUT2D eigenvalue weighted by Gasteiger charge is -2.07. The second-order valence-electron chi connectivity index (χ2n) is 4.42. The normalized spacial score (nSPS) is 11.5. The maximum atomic E-state index is 11.9. The zero-order valence-electron chi connectivity index (χ0n) is 12.4. The minimum atomic E-state index is -0.705. The highest BCUT2D eigenvalue weighted by molar-refractivity contribution is 8.07. The highest BCUT2D eigenvalue weighted by Gasteiger charge is 2.24. The molecule has 1 heterocycles. The van der Waals surface area contributed by atoms with Crippen LogP contribution in [0.2, 0.25) is 0 Å². The Morgan fingerprint density at radius 1 is 1.32 bits per heavy atom. The lowest BCUT2D eigenvalue weighted by molar-refractivity contribution is -0.135. The van der Waals surface area contributed by atoms with Crippen molar-refractivity contribution < 1.29 is 9.53 Å². The summed E-state index contributed by atoms with van der Waals surface area (Å²) in [6.07, 6.45) is 1.76. The molecule has 6 heteroatoms. The van der Waals surface area contributed by atoms with Crippen LogP contribution in [-0.2, 0) is 16.6 Å². The third kappa shape index (κ3) is 2.34. The summed E-state index contributed by atoms with van der Waals surface area (Å²) in [7, 11) is 3.01. The summed E-state index contributed by atoms with van der Waals surface area (Å²) in [5, 5.41) is 19.6. The van der Waals surface area contributed by atoms with Crippen molar-refractivity contribution in [2.75, 3.05) is 13.4 Å². The number of aromatic nitrogens is 1. The van der Waals surface area contributed by atoms with Gasteiger partial charge in [-0.1, -0.05) is 18.2 Å². The molecule has 5 nitrogen and oxygen atoms in total. The molecule has 0 aliphatic heterocycles. The van der Waals surface area contributed by atoms with Crippen molar-refractivity contribution in [2.24, 2.45) is 7.05 Å². The number of hydrogen-bond donors (Lipinski definition) is 0. The van der Waals surface area contributed by atoms with Gasteiger partial charge < -0.3 is 9.30 Å². The van der Waals surface area contributed by atoms with E-state index in [1.165, 1.54) is 18.9 Å². The molecule has 0 fully saturated rings. The smallest absolute Gasteiger partial charge is 0.349 e. The van der Waals surface area contributed by atoms with Crippen molar-refractivity contribution in [3.63, 3.8) is 0 Å². The second-order valence-corrected chi connectivity index (χ2v) is 5.24. The minimum absolute atomic E-state index is 0.0946. The zero-order chi connectivity index (χ0) is 16.3. The number of ether oxygens (including phenoxy) is 1. The maximum absolute atomic E-state index is 11.9. The quantitative estimate of drug-likeness (QED) is 0.495. The van der Waals surface area contributed by atoms with E-state index in [9.17, 15) is 15.3 Å². The van der Waals surface area contributed by atoms with Gasteiger partial charge in [-0.05, 0) is 12.3 Å². The molecular weight excluding hydrogens is 298 g/mol. The van der Waals surface area contributed by atoms with Gasteiger partial charge in [0, 0.05) is 28.4 Å². The van der Waals surface area contributed by atoms with E-state index in [-0.39, 0.29) is 5.57 Å². The molecule has 0 aliphatic rings. The molecule has 2 aromatic rings. The third-order valence-electron chi connectivity index (χ3n) is 3.37. The van der Waals surface area contributed by atoms with Gasteiger partial charge in [-0.25, -0.2) is 4.79 Å². The summed E-state index contributed by atoms with van der Waals surface area (Å²) in [5.74, 6) is -0.705. The van der Waals surface area contributed by atoms with Gasteiger partial charge in [0.05, 0.1) is 7.11 Å². The summed E-state index contributed by atoms with van der Waals surface area (Å²) >= 11 is 1.25. The first kappa shape index (κ1) is 15.7. The first-order valence-electron chi connectivity index (χ1n) is 6.35. The highest BCUT2D eigenvalue weighted by atomic mass is 32.2. The molecule has 0 amide bonds. The molecule has 1 aromatic carbocycles. The van der Waals surface area contributed by atoms with Crippen LogP contribution in [0.25, 0.3) is 15.8 Å². The number of methoxy groups -OCH3 is 1. The van der Waals surface area contributed by atoms with Crippen LogP contribution in [0.1, 0.15) is 11.3 Å². The predicted octanol–water partition coefficient (Wildman–Crippen LogP) is 2.82. The van der Waals surface area contributed by atoms with Crippen LogP contribution in [0.5, 0.6) is 0 Å². The van der Waals surface area contributed by atoms with Crippen molar-refractivity contribution in [1.82, 2.24) is 4.57 Å². The van der Waals surface area contributed by atoms with E-state index < -0.39 is 5.97 Å². The molecule has 0 aliphatic carbocycles. The number of nitriles is 2. The number of fused-ring (bicyclic) bond motifs is 1. The molecule has 0 bridgehead atoms. The van der Waals surface area contributed by atoms with Crippen molar-refractivity contribution in [3.05, 3.63) is 41.1 Å². The van der Waals surface area contributed by atoms with Gasteiger partial charge in [-0.2, -0.15) is 10.5 Å². The number of para-hydroxylation sites is 1. The molecule has 2 rings (SSSR count). The van der Waals surface area contributed by atoms with Crippen LogP contribution in [0.4, 0.5) is 0 Å². The number of carbonyl (C=O) groups excluding carboxylic acids is 1. The number of carbonyl (C=O) groups is 1. The fourth-order valence-corrected chi connectivity index (χ4v) is 3.12. The number of hydrogen-bond acceptors (Lipinski definition) is 5.